The second kappa shape index (κ2) is 9.12. The minimum atomic E-state index is 0.118. The van der Waals surface area contributed by atoms with E-state index in [9.17, 15) is 0 Å². The number of hydrogen-bond acceptors (Lipinski definition) is 6. The first-order valence-electron chi connectivity index (χ1n) is 1.55. The van der Waals surface area contributed by atoms with Crippen LogP contribution < -0.4 is 0 Å². The first kappa shape index (κ1) is 10.1. The summed E-state index contributed by atoms with van der Waals surface area (Å²) in [6, 6.07) is 0. The zero-order valence-corrected chi connectivity index (χ0v) is 7.06. The number of halogens is 2. The van der Waals surface area contributed by atoms with Gasteiger partial charge in [0.05, 0.1) is 12.0 Å². The van der Waals surface area contributed by atoms with Crippen LogP contribution in [0.1, 0.15) is 0 Å². The number of hydrogen-bond donors (Lipinski definition) is 0. The van der Waals surface area contributed by atoms with E-state index >= 15 is 0 Å². The summed E-state index contributed by atoms with van der Waals surface area (Å²) in [5.74, 6) is 0.118. The summed E-state index contributed by atoms with van der Waals surface area (Å²) in [5.41, 5.74) is 0. The third kappa shape index (κ3) is 9.12. The van der Waals surface area contributed by atoms with Crippen molar-refractivity contribution in [1.82, 2.24) is 0 Å². The van der Waals surface area contributed by atoms with Crippen LogP contribution in [0.3, 0.4) is 0 Å². The Hall–Kier alpha value is 1.12. The van der Waals surface area contributed by atoms with Crippen molar-refractivity contribution in [2.45, 2.75) is 0 Å². The van der Waals surface area contributed by atoms with Crippen molar-refractivity contribution in [3.05, 3.63) is 0 Å². The minimum Gasteiger partial charge on any atom is -0.210 e. The van der Waals surface area contributed by atoms with Crippen molar-refractivity contribution < 1.29 is 18.0 Å². The lowest BCUT2D eigenvalue weighted by atomic mass is 11.7. The summed E-state index contributed by atoms with van der Waals surface area (Å²) in [7, 11) is 4.98. The highest BCUT2D eigenvalue weighted by Gasteiger charge is 1.89. The van der Waals surface area contributed by atoms with E-state index in [4.69, 9.17) is 10.7 Å². The molecule has 0 amide bonds. The molecule has 56 valence electrons. The molecule has 0 aliphatic carbocycles. The zero-order valence-electron chi connectivity index (χ0n) is 3.91. The molecule has 0 rings (SSSR count). The Kier molecular flexibility index (Phi) is 10.3. The standard InChI is InChI=1S/CH2Cl2O4S2/c2-5-7-8-1-4-6-9-3/h1H2. The van der Waals surface area contributed by atoms with E-state index in [0.717, 1.165) is 12.0 Å². The molecule has 0 aromatic heterocycles. The molecule has 0 aliphatic heterocycles. The third-order valence-corrected chi connectivity index (χ3v) is 1.04. The summed E-state index contributed by atoms with van der Waals surface area (Å²) >= 11 is 6.03. The monoisotopic (exact) mass is 212 g/mol. The lowest BCUT2D eigenvalue weighted by Gasteiger charge is -1.94. The van der Waals surface area contributed by atoms with E-state index in [1.807, 2.05) is 0 Å². The molecule has 8 heteroatoms. The fraction of sp³-hybridized carbons (Fsp3) is 1.00. The van der Waals surface area contributed by atoms with Crippen molar-refractivity contribution in [3.8, 4) is 0 Å². The quantitative estimate of drug-likeness (QED) is 0.222. The van der Waals surface area contributed by atoms with Gasteiger partial charge in [0.2, 0.25) is 0 Å². The summed E-state index contributed by atoms with van der Waals surface area (Å²) in [5, 5.41) is 0. The molecule has 0 aliphatic rings. The van der Waals surface area contributed by atoms with Gasteiger partial charge in [0, 0.05) is 0 Å². The van der Waals surface area contributed by atoms with Gasteiger partial charge in [0.1, 0.15) is 23.1 Å². The molecule has 0 radical (unpaired) electrons. The largest absolute Gasteiger partial charge is 0.210 e. The van der Waals surface area contributed by atoms with E-state index in [0.29, 0.717) is 11.3 Å². The summed E-state index contributed by atoms with van der Waals surface area (Å²) in [6.07, 6.45) is 0. The van der Waals surface area contributed by atoms with Crippen LogP contribution in [0.2, 0.25) is 0 Å². The molecule has 0 N–H and O–H groups in total. The molecule has 0 bridgehead atoms. The van der Waals surface area contributed by atoms with Gasteiger partial charge in [-0.2, -0.15) is 0 Å². The van der Waals surface area contributed by atoms with Crippen LogP contribution in [0.15, 0.2) is 0 Å². The van der Waals surface area contributed by atoms with E-state index in [2.05, 4.69) is 29.9 Å². The van der Waals surface area contributed by atoms with Crippen molar-refractivity contribution in [1.29, 1.82) is 0 Å². The zero-order chi connectivity index (χ0) is 6.95. The topological polar surface area (TPSA) is 36.9 Å². The van der Waals surface area contributed by atoms with Gasteiger partial charge in [-0.3, -0.25) is 0 Å². The summed E-state index contributed by atoms with van der Waals surface area (Å²) in [4.78, 5) is 4.32. The third-order valence-electron chi connectivity index (χ3n) is 0.244. The predicted octanol–water partition coefficient (Wildman–Crippen LogP) is 2.44. The Balaban J connectivity index is 2.60. The minimum absolute atomic E-state index is 0.118. The molecule has 4 nitrogen and oxygen atoms in total. The first-order chi connectivity index (χ1) is 4.41. The fourth-order valence-corrected chi connectivity index (χ4v) is 0.622. The van der Waals surface area contributed by atoms with Crippen LogP contribution in [0.25, 0.3) is 0 Å². The Morgan fingerprint density at radius 2 is 2.11 bits per heavy atom. The van der Waals surface area contributed by atoms with Crippen LogP contribution in [0, 0.1) is 0 Å². The van der Waals surface area contributed by atoms with E-state index in [1.54, 1.807) is 0 Å². The molecule has 0 atom stereocenters. The Morgan fingerprint density at radius 1 is 1.33 bits per heavy atom. The van der Waals surface area contributed by atoms with Gasteiger partial charge in [-0.1, -0.05) is 0 Å². The SMILES string of the molecule is ClOOSCOOSCl. The predicted molar refractivity (Wildman–Crippen MR) is 36.1 cm³/mol. The first-order valence-corrected chi connectivity index (χ1v) is 4.34. The summed E-state index contributed by atoms with van der Waals surface area (Å²) < 4.78 is 11.9. The van der Waals surface area contributed by atoms with Crippen LogP contribution in [-0.4, -0.2) is 5.94 Å². The maximum absolute atomic E-state index is 4.98. The van der Waals surface area contributed by atoms with E-state index in [1.165, 1.54) is 0 Å². The van der Waals surface area contributed by atoms with Crippen LogP contribution in [-0.2, 0) is 18.0 Å². The second-order valence-corrected chi connectivity index (χ2v) is 1.99. The molecule has 0 saturated carbocycles. The average Bonchev–Trinajstić information content (AvgIpc) is 1.89. The molecule has 0 aromatic rings. The average molecular weight is 213 g/mol. The Labute approximate surface area is 70.0 Å². The number of rotatable bonds is 6. The molecule has 0 unspecified atom stereocenters. The molecular formula is CH2Cl2O4S2. The van der Waals surface area contributed by atoms with Gasteiger partial charge < -0.3 is 0 Å². The molecule has 0 heterocycles. The molecular weight excluding hydrogens is 211 g/mol. The van der Waals surface area contributed by atoms with Gasteiger partial charge in [-0.05, 0) is 10.7 Å². The normalized spacial score (nSPS) is 10.0. The second-order valence-electron chi connectivity index (χ2n) is 0.616. The molecule has 0 fully saturated rings. The van der Waals surface area contributed by atoms with Gasteiger partial charge in [0.15, 0.2) is 5.94 Å². The van der Waals surface area contributed by atoms with Gasteiger partial charge in [-0.25, -0.2) is 4.89 Å². The molecule has 0 aromatic carbocycles. The smallest absolute Gasteiger partial charge is 0.158 e. The molecule has 9 heavy (non-hydrogen) atoms. The van der Waals surface area contributed by atoms with E-state index < -0.39 is 0 Å². The van der Waals surface area contributed by atoms with Gasteiger partial charge in [0.25, 0.3) is 0 Å². The Morgan fingerprint density at radius 3 is 2.67 bits per heavy atom. The maximum atomic E-state index is 4.98. The van der Waals surface area contributed by atoms with Crippen molar-refractivity contribution in [3.63, 3.8) is 0 Å². The highest BCUT2D eigenvalue weighted by molar-refractivity contribution is 8.17. The van der Waals surface area contributed by atoms with Crippen molar-refractivity contribution in [2.75, 3.05) is 5.94 Å². The lowest BCUT2D eigenvalue weighted by molar-refractivity contribution is -0.171. The van der Waals surface area contributed by atoms with Gasteiger partial charge in [-0.15, -0.1) is 13.1 Å². The summed E-state index contributed by atoms with van der Waals surface area (Å²) in [6.45, 7) is 0. The Bertz CT molecular complexity index is 49.8. The molecule has 0 spiro atoms. The van der Waals surface area contributed by atoms with Crippen LogP contribution >= 0.6 is 45.8 Å². The van der Waals surface area contributed by atoms with Crippen molar-refractivity contribution in [2.24, 2.45) is 0 Å². The molecule has 0 saturated heterocycles. The highest BCUT2D eigenvalue weighted by Crippen LogP contribution is 2.11. The van der Waals surface area contributed by atoms with Crippen LogP contribution in [0.5, 0.6) is 0 Å². The van der Waals surface area contributed by atoms with Gasteiger partial charge >= 0.3 is 0 Å². The van der Waals surface area contributed by atoms with E-state index in [-0.39, 0.29) is 5.94 Å². The lowest BCUT2D eigenvalue weighted by Crippen LogP contribution is -1.84. The maximum Gasteiger partial charge on any atom is 0.158 e. The van der Waals surface area contributed by atoms with Crippen molar-refractivity contribution >= 4 is 45.8 Å². The van der Waals surface area contributed by atoms with Crippen LogP contribution in [0.4, 0.5) is 0 Å². The fourth-order valence-electron chi connectivity index (χ4n) is 0.0953. The highest BCUT2D eigenvalue weighted by atomic mass is 35.7.